The maximum atomic E-state index is 11.7. The van der Waals surface area contributed by atoms with E-state index in [-0.39, 0.29) is 18.4 Å². The zero-order chi connectivity index (χ0) is 15.1. The predicted octanol–water partition coefficient (Wildman–Crippen LogP) is 0.595. The van der Waals surface area contributed by atoms with E-state index in [4.69, 9.17) is 0 Å². The van der Waals surface area contributed by atoms with Gasteiger partial charge in [-0.15, -0.1) is 5.10 Å². The second-order valence-electron chi connectivity index (χ2n) is 4.57. The van der Waals surface area contributed by atoms with Gasteiger partial charge in [0.15, 0.2) is 5.82 Å². The van der Waals surface area contributed by atoms with Gasteiger partial charge < -0.3 is 10.6 Å². The van der Waals surface area contributed by atoms with E-state index in [1.807, 2.05) is 30.3 Å². The molecule has 2 N–H and O–H groups in total. The van der Waals surface area contributed by atoms with Crippen molar-refractivity contribution in [3.05, 3.63) is 42.1 Å². The highest BCUT2D eigenvalue weighted by molar-refractivity contribution is 5.87. The molecule has 0 bridgehead atoms. The average molecular weight is 287 g/mol. The van der Waals surface area contributed by atoms with Crippen molar-refractivity contribution < 1.29 is 9.59 Å². The topological polar surface area (TPSA) is 88.9 Å². The Morgan fingerprint density at radius 2 is 2.00 bits per heavy atom. The molecule has 1 heterocycles. The van der Waals surface area contributed by atoms with Crippen molar-refractivity contribution in [2.24, 2.45) is 0 Å². The van der Waals surface area contributed by atoms with Crippen LogP contribution in [0.4, 0.5) is 5.82 Å². The third-order valence-corrected chi connectivity index (χ3v) is 2.73. The summed E-state index contributed by atoms with van der Waals surface area (Å²) in [5.74, 6) is -0.0424. The SMILES string of the molecule is CC(=O)Nc1cn(CC(=O)NCCc2ccccc2)nn1. The molecular formula is C14H17N5O2. The minimum atomic E-state index is -0.227. The van der Waals surface area contributed by atoms with E-state index in [1.54, 1.807) is 0 Å². The molecule has 1 aromatic heterocycles. The van der Waals surface area contributed by atoms with E-state index in [9.17, 15) is 9.59 Å². The Kier molecular flexibility index (Phi) is 5.03. The molecule has 1 aromatic carbocycles. The van der Waals surface area contributed by atoms with Crippen molar-refractivity contribution in [1.82, 2.24) is 20.3 Å². The summed E-state index contributed by atoms with van der Waals surface area (Å²) in [5, 5.41) is 12.8. The zero-order valence-corrected chi connectivity index (χ0v) is 11.7. The number of rotatable bonds is 6. The van der Waals surface area contributed by atoms with Crippen LogP contribution in [-0.4, -0.2) is 33.4 Å². The van der Waals surface area contributed by atoms with Gasteiger partial charge in [0, 0.05) is 13.5 Å². The van der Waals surface area contributed by atoms with Crippen LogP contribution < -0.4 is 10.6 Å². The van der Waals surface area contributed by atoms with Crippen LogP contribution in [0.5, 0.6) is 0 Å². The van der Waals surface area contributed by atoms with E-state index >= 15 is 0 Å². The molecule has 0 atom stereocenters. The van der Waals surface area contributed by atoms with E-state index in [0.29, 0.717) is 12.4 Å². The van der Waals surface area contributed by atoms with Crippen LogP contribution in [-0.2, 0) is 22.6 Å². The molecule has 7 heteroatoms. The number of benzene rings is 1. The summed E-state index contributed by atoms with van der Waals surface area (Å²) in [6.07, 6.45) is 2.29. The highest BCUT2D eigenvalue weighted by Crippen LogP contribution is 2.00. The minimum absolute atomic E-state index is 0.0708. The van der Waals surface area contributed by atoms with Gasteiger partial charge in [0.2, 0.25) is 11.8 Å². The first-order valence-electron chi connectivity index (χ1n) is 6.62. The molecule has 2 amide bonds. The maximum Gasteiger partial charge on any atom is 0.241 e. The fraction of sp³-hybridized carbons (Fsp3) is 0.286. The molecule has 0 spiro atoms. The summed E-state index contributed by atoms with van der Waals surface area (Å²) in [6, 6.07) is 9.93. The Balaban J connectivity index is 1.74. The summed E-state index contributed by atoms with van der Waals surface area (Å²) in [7, 11) is 0. The van der Waals surface area contributed by atoms with Crippen LogP contribution in [0.2, 0.25) is 0 Å². The first-order chi connectivity index (χ1) is 10.1. The zero-order valence-electron chi connectivity index (χ0n) is 11.7. The quantitative estimate of drug-likeness (QED) is 0.814. The molecule has 0 radical (unpaired) electrons. The van der Waals surface area contributed by atoms with Crippen molar-refractivity contribution in [1.29, 1.82) is 0 Å². The van der Waals surface area contributed by atoms with Crippen molar-refractivity contribution in [2.45, 2.75) is 19.9 Å². The summed E-state index contributed by atoms with van der Waals surface area (Å²) in [4.78, 5) is 22.6. The monoisotopic (exact) mass is 287 g/mol. The molecule has 7 nitrogen and oxygen atoms in total. The number of amides is 2. The van der Waals surface area contributed by atoms with Gasteiger partial charge in [0.05, 0.1) is 6.20 Å². The molecular weight excluding hydrogens is 270 g/mol. The van der Waals surface area contributed by atoms with Gasteiger partial charge >= 0.3 is 0 Å². The van der Waals surface area contributed by atoms with Gasteiger partial charge in [-0.1, -0.05) is 35.5 Å². The number of hydrogen-bond donors (Lipinski definition) is 2. The first-order valence-corrected chi connectivity index (χ1v) is 6.62. The van der Waals surface area contributed by atoms with Gasteiger partial charge in [0.25, 0.3) is 0 Å². The van der Waals surface area contributed by atoms with Gasteiger partial charge in [-0.3, -0.25) is 9.59 Å². The molecule has 2 rings (SSSR count). The lowest BCUT2D eigenvalue weighted by molar-refractivity contribution is -0.121. The molecule has 0 saturated heterocycles. The summed E-state index contributed by atoms with van der Waals surface area (Å²) < 4.78 is 1.38. The molecule has 2 aromatic rings. The van der Waals surface area contributed by atoms with Crippen LogP contribution >= 0.6 is 0 Å². The summed E-state index contributed by atoms with van der Waals surface area (Å²) >= 11 is 0. The minimum Gasteiger partial charge on any atom is -0.354 e. The summed E-state index contributed by atoms with van der Waals surface area (Å²) in [6.45, 7) is 2.02. The van der Waals surface area contributed by atoms with Gasteiger partial charge in [0.1, 0.15) is 6.54 Å². The molecule has 0 unspecified atom stereocenters. The second-order valence-corrected chi connectivity index (χ2v) is 4.57. The van der Waals surface area contributed by atoms with Crippen LogP contribution in [0.15, 0.2) is 36.5 Å². The Morgan fingerprint density at radius 1 is 1.24 bits per heavy atom. The Labute approximate surface area is 122 Å². The molecule has 21 heavy (non-hydrogen) atoms. The third-order valence-electron chi connectivity index (χ3n) is 2.73. The summed E-state index contributed by atoms with van der Waals surface area (Å²) in [5.41, 5.74) is 1.17. The lowest BCUT2D eigenvalue weighted by Gasteiger charge is -2.05. The van der Waals surface area contributed by atoms with E-state index in [2.05, 4.69) is 20.9 Å². The van der Waals surface area contributed by atoms with E-state index < -0.39 is 0 Å². The highest BCUT2D eigenvalue weighted by atomic mass is 16.2. The van der Waals surface area contributed by atoms with E-state index in [1.165, 1.54) is 23.4 Å². The molecule has 0 aliphatic heterocycles. The normalized spacial score (nSPS) is 10.1. The lowest BCUT2D eigenvalue weighted by Crippen LogP contribution is -2.29. The molecule has 110 valence electrons. The largest absolute Gasteiger partial charge is 0.354 e. The second kappa shape index (κ2) is 7.18. The molecule has 0 fully saturated rings. The molecule has 0 aliphatic carbocycles. The number of anilines is 1. The number of nitrogens with one attached hydrogen (secondary N) is 2. The van der Waals surface area contributed by atoms with Crippen molar-refractivity contribution in [3.8, 4) is 0 Å². The van der Waals surface area contributed by atoms with Gasteiger partial charge in [-0.05, 0) is 12.0 Å². The van der Waals surface area contributed by atoms with Crippen LogP contribution in [0.25, 0.3) is 0 Å². The standard InChI is InChI=1S/C14H17N5O2/c1-11(20)16-13-9-19(18-17-13)10-14(21)15-8-7-12-5-3-2-4-6-12/h2-6,9H,7-8,10H2,1H3,(H,15,21)(H,16,20). The number of aromatic nitrogens is 3. The first kappa shape index (κ1) is 14.7. The number of carbonyl (C=O) groups is 2. The maximum absolute atomic E-state index is 11.7. The third kappa shape index (κ3) is 5.06. The fourth-order valence-electron chi connectivity index (χ4n) is 1.81. The fourth-order valence-corrected chi connectivity index (χ4v) is 1.81. The van der Waals surface area contributed by atoms with Gasteiger partial charge in [-0.2, -0.15) is 0 Å². The smallest absolute Gasteiger partial charge is 0.241 e. The van der Waals surface area contributed by atoms with Crippen molar-refractivity contribution in [3.63, 3.8) is 0 Å². The average Bonchev–Trinajstić information content (AvgIpc) is 2.86. The van der Waals surface area contributed by atoms with Gasteiger partial charge in [-0.25, -0.2) is 4.68 Å². The molecule has 0 saturated carbocycles. The Hall–Kier alpha value is -2.70. The Morgan fingerprint density at radius 3 is 2.71 bits per heavy atom. The van der Waals surface area contributed by atoms with Crippen LogP contribution in [0, 0.1) is 0 Å². The molecule has 0 aliphatic rings. The van der Waals surface area contributed by atoms with Crippen molar-refractivity contribution in [2.75, 3.05) is 11.9 Å². The highest BCUT2D eigenvalue weighted by Gasteiger charge is 2.06. The number of carbonyl (C=O) groups excluding carboxylic acids is 2. The number of nitrogens with zero attached hydrogens (tertiary/aromatic N) is 3. The number of hydrogen-bond acceptors (Lipinski definition) is 4. The van der Waals surface area contributed by atoms with E-state index in [0.717, 1.165) is 6.42 Å². The van der Waals surface area contributed by atoms with Crippen LogP contribution in [0.3, 0.4) is 0 Å². The lowest BCUT2D eigenvalue weighted by atomic mass is 10.1. The van der Waals surface area contributed by atoms with Crippen molar-refractivity contribution >= 4 is 17.6 Å². The predicted molar refractivity (Wildman–Crippen MR) is 77.5 cm³/mol. The Bertz CT molecular complexity index is 609. The van der Waals surface area contributed by atoms with Crippen LogP contribution in [0.1, 0.15) is 12.5 Å².